The Morgan fingerprint density at radius 3 is 1.76 bits per heavy atom. The minimum atomic E-state index is -0.102. The van der Waals surface area contributed by atoms with E-state index in [1.54, 1.807) is 0 Å². The van der Waals surface area contributed by atoms with E-state index in [0.717, 1.165) is 0 Å². The van der Waals surface area contributed by atoms with Crippen molar-refractivity contribution in [2.45, 2.75) is 6.04 Å². The molecule has 2 aromatic rings. The van der Waals surface area contributed by atoms with Gasteiger partial charge in [0.05, 0.1) is 0 Å². The zero-order valence-corrected chi connectivity index (χ0v) is 12.6. The van der Waals surface area contributed by atoms with E-state index in [-0.39, 0.29) is 8.14 Å². The largest absolute Gasteiger partial charge is 0.135 e. The standard InChI is InChI=1S/C15H15BrSi/c16-17-12-11-15(13-7-3-1-4-8-13)14-9-5-2-6-10-14/h1-11H,12,17H2. The molecule has 0 radical (unpaired) electrons. The number of allylic oxidation sites excluding steroid dienone is 1. The average molecular weight is 303 g/mol. The Morgan fingerprint density at radius 2 is 1.35 bits per heavy atom. The molecule has 0 saturated heterocycles. The van der Waals surface area contributed by atoms with Crippen molar-refractivity contribution in [2.75, 3.05) is 0 Å². The van der Waals surface area contributed by atoms with Crippen LogP contribution in [0.2, 0.25) is 6.04 Å². The predicted molar refractivity (Wildman–Crippen MR) is 82.2 cm³/mol. The second kappa shape index (κ2) is 6.57. The lowest BCUT2D eigenvalue weighted by Crippen LogP contribution is -1.88. The molecule has 17 heavy (non-hydrogen) atoms. The summed E-state index contributed by atoms with van der Waals surface area (Å²) in [4.78, 5) is 0. The maximum absolute atomic E-state index is 3.62. The summed E-state index contributed by atoms with van der Waals surface area (Å²) in [5, 5.41) is 0. The number of benzene rings is 2. The van der Waals surface area contributed by atoms with Crippen molar-refractivity contribution in [1.82, 2.24) is 0 Å². The maximum Gasteiger partial charge on any atom is 0.102 e. The summed E-state index contributed by atoms with van der Waals surface area (Å²) in [7, 11) is -0.102. The van der Waals surface area contributed by atoms with Gasteiger partial charge in [0.15, 0.2) is 0 Å². The van der Waals surface area contributed by atoms with E-state index in [1.807, 2.05) is 0 Å². The molecular formula is C15H15BrSi. The third kappa shape index (κ3) is 3.41. The normalized spacial score (nSPS) is 10.6. The fourth-order valence-electron chi connectivity index (χ4n) is 1.84. The summed E-state index contributed by atoms with van der Waals surface area (Å²) in [6.07, 6.45) is 2.35. The predicted octanol–water partition coefficient (Wildman–Crippen LogP) is 4.02. The van der Waals surface area contributed by atoms with Gasteiger partial charge in [-0.25, -0.2) is 0 Å². The van der Waals surface area contributed by atoms with Crippen molar-refractivity contribution < 1.29 is 0 Å². The van der Waals surface area contributed by atoms with Crippen LogP contribution < -0.4 is 0 Å². The van der Waals surface area contributed by atoms with Crippen LogP contribution in [0.5, 0.6) is 0 Å². The molecule has 0 fully saturated rings. The first-order chi connectivity index (χ1) is 8.42. The van der Waals surface area contributed by atoms with Crippen molar-refractivity contribution in [3.8, 4) is 0 Å². The van der Waals surface area contributed by atoms with Gasteiger partial charge in [-0.05, 0) is 22.7 Å². The third-order valence-electron chi connectivity index (χ3n) is 2.63. The van der Waals surface area contributed by atoms with E-state index >= 15 is 0 Å². The molecule has 0 unspecified atom stereocenters. The molecule has 0 aliphatic heterocycles. The monoisotopic (exact) mass is 302 g/mol. The minimum Gasteiger partial charge on any atom is -0.135 e. The van der Waals surface area contributed by atoms with Gasteiger partial charge in [-0.15, -0.1) is 15.3 Å². The van der Waals surface area contributed by atoms with Crippen molar-refractivity contribution in [2.24, 2.45) is 0 Å². The number of hydrogen-bond acceptors (Lipinski definition) is 0. The lowest BCUT2D eigenvalue weighted by molar-refractivity contribution is 1.52. The quantitative estimate of drug-likeness (QED) is 0.591. The lowest BCUT2D eigenvalue weighted by Gasteiger charge is -2.08. The molecule has 86 valence electrons. The topological polar surface area (TPSA) is 0 Å². The first-order valence-corrected chi connectivity index (χ1v) is 10.7. The average Bonchev–Trinajstić information content (AvgIpc) is 2.42. The van der Waals surface area contributed by atoms with Crippen molar-refractivity contribution in [1.29, 1.82) is 0 Å². The molecule has 0 aliphatic carbocycles. The van der Waals surface area contributed by atoms with Crippen LogP contribution in [0.15, 0.2) is 66.7 Å². The Labute approximate surface area is 113 Å². The summed E-state index contributed by atoms with van der Waals surface area (Å²) < 4.78 is 0. The van der Waals surface area contributed by atoms with E-state index in [4.69, 9.17) is 0 Å². The smallest absolute Gasteiger partial charge is 0.102 e. The fraction of sp³-hybridized carbons (Fsp3) is 0.0667. The summed E-state index contributed by atoms with van der Waals surface area (Å²) in [6, 6.07) is 22.4. The molecule has 0 bridgehead atoms. The molecule has 0 N–H and O–H groups in total. The maximum atomic E-state index is 3.62. The molecule has 0 aromatic heterocycles. The minimum absolute atomic E-state index is 0.102. The van der Waals surface area contributed by atoms with Crippen molar-refractivity contribution >= 4 is 29.0 Å². The van der Waals surface area contributed by atoms with E-state index in [2.05, 4.69) is 82.0 Å². The summed E-state index contributed by atoms with van der Waals surface area (Å²) in [5.74, 6) is 0. The van der Waals surface area contributed by atoms with Gasteiger partial charge in [0.1, 0.15) is 8.14 Å². The molecule has 0 nitrogen and oxygen atoms in total. The van der Waals surface area contributed by atoms with E-state index < -0.39 is 0 Å². The van der Waals surface area contributed by atoms with Gasteiger partial charge < -0.3 is 0 Å². The molecule has 0 spiro atoms. The molecule has 0 aliphatic rings. The Hall–Kier alpha value is -1.12. The lowest BCUT2D eigenvalue weighted by atomic mass is 9.98. The van der Waals surface area contributed by atoms with Crippen molar-refractivity contribution in [3.05, 3.63) is 77.9 Å². The molecule has 0 amide bonds. The Balaban J connectivity index is 2.40. The highest BCUT2D eigenvalue weighted by atomic mass is 79.9. The van der Waals surface area contributed by atoms with E-state index in [0.29, 0.717) is 0 Å². The second-order valence-electron chi connectivity index (χ2n) is 3.83. The summed E-state index contributed by atoms with van der Waals surface area (Å²) in [5.41, 5.74) is 3.94. The SMILES string of the molecule is Br[SiH2]CC=C(c1ccccc1)c1ccccc1. The van der Waals surface area contributed by atoms with Crippen LogP contribution in [0.4, 0.5) is 0 Å². The van der Waals surface area contributed by atoms with Crippen LogP contribution in [-0.4, -0.2) is 8.14 Å². The van der Waals surface area contributed by atoms with Gasteiger partial charge in [-0.3, -0.25) is 0 Å². The van der Waals surface area contributed by atoms with Crippen LogP contribution in [0.25, 0.3) is 5.57 Å². The Bertz CT molecular complexity index is 435. The molecule has 2 rings (SSSR count). The van der Waals surface area contributed by atoms with Crippen LogP contribution in [0, 0.1) is 0 Å². The van der Waals surface area contributed by atoms with Gasteiger partial charge in [0.25, 0.3) is 0 Å². The molecule has 2 heteroatoms. The first-order valence-electron chi connectivity index (χ1n) is 5.79. The van der Waals surface area contributed by atoms with Gasteiger partial charge in [-0.1, -0.05) is 66.7 Å². The Morgan fingerprint density at radius 1 is 0.882 bits per heavy atom. The van der Waals surface area contributed by atoms with E-state index in [1.165, 1.54) is 22.7 Å². The van der Waals surface area contributed by atoms with Crippen LogP contribution in [-0.2, 0) is 0 Å². The molecule has 0 atom stereocenters. The molecule has 0 saturated carbocycles. The van der Waals surface area contributed by atoms with Crippen molar-refractivity contribution in [3.63, 3.8) is 0 Å². The van der Waals surface area contributed by atoms with E-state index in [9.17, 15) is 0 Å². The van der Waals surface area contributed by atoms with Crippen LogP contribution >= 0.6 is 15.3 Å². The van der Waals surface area contributed by atoms with Crippen LogP contribution in [0.1, 0.15) is 11.1 Å². The highest BCUT2D eigenvalue weighted by molar-refractivity contribution is 9.23. The van der Waals surface area contributed by atoms with Gasteiger partial charge in [0, 0.05) is 0 Å². The van der Waals surface area contributed by atoms with Gasteiger partial charge in [0.2, 0.25) is 0 Å². The van der Waals surface area contributed by atoms with Gasteiger partial charge in [-0.2, -0.15) is 0 Å². The number of hydrogen-bond donors (Lipinski definition) is 0. The summed E-state index contributed by atoms with van der Waals surface area (Å²) >= 11 is 3.62. The summed E-state index contributed by atoms with van der Waals surface area (Å²) in [6.45, 7) is 0. The van der Waals surface area contributed by atoms with Gasteiger partial charge >= 0.3 is 0 Å². The number of rotatable bonds is 4. The second-order valence-corrected chi connectivity index (χ2v) is 7.16. The van der Waals surface area contributed by atoms with Crippen LogP contribution in [0.3, 0.4) is 0 Å². The zero-order chi connectivity index (χ0) is 11.9. The molecular weight excluding hydrogens is 288 g/mol. The first kappa shape index (κ1) is 12.3. The highest BCUT2D eigenvalue weighted by Crippen LogP contribution is 2.23. The Kier molecular flexibility index (Phi) is 4.77. The molecule has 0 heterocycles. The zero-order valence-electron chi connectivity index (χ0n) is 9.64. The highest BCUT2D eigenvalue weighted by Gasteiger charge is 2.02. The fourth-order valence-corrected chi connectivity index (χ4v) is 2.92. The number of halogens is 1. The molecule has 2 aromatic carbocycles. The third-order valence-corrected chi connectivity index (χ3v) is 4.51.